The molecule has 0 atom stereocenters. The lowest BCUT2D eigenvalue weighted by atomic mass is 9.96. The summed E-state index contributed by atoms with van der Waals surface area (Å²) in [6, 6.07) is 13.7. The number of pyridine rings is 1. The third-order valence-corrected chi connectivity index (χ3v) is 5.69. The number of rotatable bonds is 8. The van der Waals surface area contributed by atoms with Crippen LogP contribution in [0.25, 0.3) is 0 Å². The highest BCUT2D eigenvalue weighted by Crippen LogP contribution is 2.34. The Labute approximate surface area is 196 Å². The SMILES string of the molecule is CCCCOc1ccccc1C(=O)c1c(C)c(C#N)c(=O)n(Cc2ccc3c(c2)OCO3)c1O. The third-order valence-electron chi connectivity index (χ3n) is 5.69. The van der Waals surface area contributed by atoms with Crippen LogP contribution < -0.4 is 19.8 Å². The first-order chi connectivity index (χ1) is 16.5. The van der Waals surface area contributed by atoms with Gasteiger partial charge in [-0.05, 0) is 48.7 Å². The first kappa shape index (κ1) is 22.9. The van der Waals surface area contributed by atoms with Crippen LogP contribution in [0.4, 0.5) is 0 Å². The van der Waals surface area contributed by atoms with E-state index in [4.69, 9.17) is 14.2 Å². The highest BCUT2D eigenvalue weighted by atomic mass is 16.7. The van der Waals surface area contributed by atoms with Gasteiger partial charge in [-0.15, -0.1) is 0 Å². The van der Waals surface area contributed by atoms with Gasteiger partial charge >= 0.3 is 0 Å². The van der Waals surface area contributed by atoms with Gasteiger partial charge in [0.2, 0.25) is 18.5 Å². The van der Waals surface area contributed by atoms with E-state index in [1.165, 1.54) is 6.92 Å². The van der Waals surface area contributed by atoms with Crippen molar-refractivity contribution in [2.75, 3.05) is 13.4 Å². The number of para-hydroxylation sites is 1. The van der Waals surface area contributed by atoms with Crippen LogP contribution in [0.2, 0.25) is 0 Å². The van der Waals surface area contributed by atoms with Crippen molar-refractivity contribution in [1.29, 1.82) is 5.26 Å². The van der Waals surface area contributed by atoms with Gasteiger partial charge in [-0.25, -0.2) is 0 Å². The van der Waals surface area contributed by atoms with E-state index in [-0.39, 0.29) is 35.6 Å². The fourth-order valence-electron chi connectivity index (χ4n) is 3.83. The highest BCUT2D eigenvalue weighted by molar-refractivity contribution is 6.13. The van der Waals surface area contributed by atoms with E-state index in [9.17, 15) is 20.0 Å². The summed E-state index contributed by atoms with van der Waals surface area (Å²) in [5.74, 6) is 0.446. The van der Waals surface area contributed by atoms with Crippen LogP contribution in [0.1, 0.15) is 52.4 Å². The molecule has 0 bridgehead atoms. The number of carbonyl (C=O) groups is 1. The molecule has 0 unspecified atom stereocenters. The average molecular weight is 460 g/mol. The fourth-order valence-corrected chi connectivity index (χ4v) is 3.83. The van der Waals surface area contributed by atoms with Crippen molar-refractivity contribution >= 4 is 5.78 Å². The van der Waals surface area contributed by atoms with Crippen molar-refractivity contribution in [2.45, 2.75) is 33.2 Å². The zero-order valence-electron chi connectivity index (χ0n) is 19.0. The molecule has 1 aromatic heterocycles. The monoisotopic (exact) mass is 460 g/mol. The topological polar surface area (TPSA) is 111 Å². The van der Waals surface area contributed by atoms with Gasteiger partial charge in [-0.1, -0.05) is 31.5 Å². The minimum absolute atomic E-state index is 0.0643. The van der Waals surface area contributed by atoms with E-state index in [1.54, 1.807) is 42.5 Å². The van der Waals surface area contributed by atoms with E-state index in [1.807, 2.05) is 13.0 Å². The summed E-state index contributed by atoms with van der Waals surface area (Å²) < 4.78 is 17.5. The number of carbonyl (C=O) groups excluding carboxylic acids is 1. The molecular formula is C26H24N2O6. The number of ether oxygens (including phenoxy) is 3. The Hall–Kier alpha value is -4.25. The first-order valence-electron chi connectivity index (χ1n) is 11.0. The Balaban J connectivity index is 1.79. The molecule has 8 nitrogen and oxygen atoms in total. The van der Waals surface area contributed by atoms with Crippen LogP contribution >= 0.6 is 0 Å². The minimum atomic E-state index is -0.681. The van der Waals surface area contributed by atoms with Crippen LogP contribution in [0.3, 0.4) is 0 Å². The molecule has 174 valence electrons. The number of nitriles is 1. The van der Waals surface area contributed by atoms with Gasteiger partial charge in [0.25, 0.3) is 5.56 Å². The maximum absolute atomic E-state index is 13.6. The molecule has 4 rings (SSSR count). The maximum atomic E-state index is 13.6. The van der Waals surface area contributed by atoms with Gasteiger partial charge < -0.3 is 19.3 Å². The van der Waals surface area contributed by atoms with Crippen LogP contribution in [-0.4, -0.2) is 28.9 Å². The molecule has 0 amide bonds. The van der Waals surface area contributed by atoms with Crippen molar-refractivity contribution in [1.82, 2.24) is 4.57 Å². The molecule has 0 saturated carbocycles. The van der Waals surface area contributed by atoms with Gasteiger partial charge in [0.15, 0.2) is 11.5 Å². The van der Waals surface area contributed by atoms with Gasteiger partial charge in [-0.3, -0.25) is 14.2 Å². The highest BCUT2D eigenvalue weighted by Gasteiger charge is 2.27. The average Bonchev–Trinajstić information content (AvgIpc) is 3.30. The molecule has 1 N–H and O–H groups in total. The minimum Gasteiger partial charge on any atom is -0.494 e. The number of aromatic nitrogens is 1. The predicted molar refractivity (Wildman–Crippen MR) is 124 cm³/mol. The number of unbranched alkanes of at least 4 members (excludes halogenated alkanes) is 1. The summed E-state index contributed by atoms with van der Waals surface area (Å²) >= 11 is 0. The van der Waals surface area contributed by atoms with Crippen LogP contribution in [0.15, 0.2) is 47.3 Å². The quantitative estimate of drug-likeness (QED) is 0.401. The summed E-state index contributed by atoms with van der Waals surface area (Å²) in [6.45, 7) is 4.00. The molecule has 0 spiro atoms. The van der Waals surface area contributed by atoms with Crippen molar-refractivity contribution in [3.63, 3.8) is 0 Å². The Morgan fingerprint density at radius 1 is 1.21 bits per heavy atom. The summed E-state index contributed by atoms with van der Waals surface area (Å²) in [7, 11) is 0. The Kier molecular flexibility index (Phi) is 6.55. The number of fused-ring (bicyclic) bond motifs is 1. The molecule has 2 aromatic carbocycles. The van der Waals surface area contributed by atoms with E-state index >= 15 is 0 Å². The smallest absolute Gasteiger partial charge is 0.271 e. The molecule has 1 aliphatic rings. The Bertz CT molecular complexity index is 1350. The number of hydrogen-bond donors (Lipinski definition) is 1. The number of nitrogens with zero attached hydrogens (tertiary/aromatic N) is 2. The normalized spacial score (nSPS) is 11.8. The standard InChI is InChI=1S/C26H24N2O6/c1-3-4-11-32-20-8-6-5-7-18(20)24(29)23-16(2)19(13-27)25(30)28(26(23)31)14-17-9-10-21-22(12-17)34-15-33-21/h5-10,12,31H,3-4,11,14-15H2,1-2H3. The van der Waals surface area contributed by atoms with Crippen LogP contribution in [0.5, 0.6) is 23.1 Å². The molecule has 0 aliphatic carbocycles. The van der Waals surface area contributed by atoms with Gasteiger partial charge in [0.05, 0.1) is 24.3 Å². The Morgan fingerprint density at radius 2 is 1.97 bits per heavy atom. The summed E-state index contributed by atoms with van der Waals surface area (Å²) in [5, 5.41) is 20.8. The fraction of sp³-hybridized carbons (Fsp3) is 0.269. The first-order valence-corrected chi connectivity index (χ1v) is 11.0. The molecule has 8 heteroatoms. The second kappa shape index (κ2) is 9.71. The molecule has 1 aliphatic heterocycles. The second-order valence-corrected chi connectivity index (χ2v) is 7.92. The number of ketones is 1. The van der Waals surface area contributed by atoms with E-state index in [0.717, 1.165) is 17.4 Å². The third kappa shape index (κ3) is 4.20. The zero-order valence-corrected chi connectivity index (χ0v) is 19.0. The zero-order chi connectivity index (χ0) is 24.2. The second-order valence-electron chi connectivity index (χ2n) is 7.92. The molecular weight excluding hydrogens is 436 g/mol. The lowest BCUT2D eigenvalue weighted by Crippen LogP contribution is -2.27. The number of aromatic hydroxyl groups is 1. The molecule has 3 aromatic rings. The van der Waals surface area contributed by atoms with Crippen LogP contribution in [-0.2, 0) is 6.54 Å². The van der Waals surface area contributed by atoms with Crippen LogP contribution in [0, 0.1) is 18.3 Å². The molecule has 0 radical (unpaired) electrons. The Morgan fingerprint density at radius 3 is 2.74 bits per heavy atom. The van der Waals surface area contributed by atoms with Crippen molar-refractivity contribution < 1.29 is 24.1 Å². The largest absolute Gasteiger partial charge is 0.494 e. The van der Waals surface area contributed by atoms with Gasteiger partial charge in [0.1, 0.15) is 17.4 Å². The predicted octanol–water partition coefficient (Wildman–Crippen LogP) is 3.92. The van der Waals surface area contributed by atoms with Crippen molar-refractivity contribution in [3.05, 3.63) is 80.6 Å². The molecule has 0 saturated heterocycles. The van der Waals surface area contributed by atoms with Crippen molar-refractivity contribution in [2.24, 2.45) is 0 Å². The lowest BCUT2D eigenvalue weighted by Gasteiger charge is -2.17. The van der Waals surface area contributed by atoms with Gasteiger partial charge in [0, 0.05) is 0 Å². The number of hydrogen-bond acceptors (Lipinski definition) is 7. The summed E-state index contributed by atoms with van der Waals surface area (Å²) in [4.78, 5) is 26.6. The molecule has 2 heterocycles. The summed E-state index contributed by atoms with van der Waals surface area (Å²) in [5.41, 5.74) is 0.0134. The van der Waals surface area contributed by atoms with E-state index in [2.05, 4.69) is 0 Å². The molecule has 0 fully saturated rings. The molecule has 34 heavy (non-hydrogen) atoms. The number of benzene rings is 2. The van der Waals surface area contributed by atoms with E-state index < -0.39 is 17.2 Å². The summed E-state index contributed by atoms with van der Waals surface area (Å²) in [6.07, 6.45) is 1.76. The lowest BCUT2D eigenvalue weighted by molar-refractivity contribution is 0.103. The van der Waals surface area contributed by atoms with Crippen molar-refractivity contribution in [3.8, 4) is 29.2 Å². The van der Waals surface area contributed by atoms with E-state index in [0.29, 0.717) is 29.4 Å². The van der Waals surface area contributed by atoms with Gasteiger partial charge in [-0.2, -0.15) is 5.26 Å². The maximum Gasteiger partial charge on any atom is 0.271 e.